The standard InChI is InChI=1S/C37H76Si/c1-5-8-11-14-17-20-23-26-29-32-35-38(4,36-33-30-27-24-21-18-15-12-9-6-2)37-34-31-28-25-22-19-16-13-10-7-3/h5,8H,6-7,9-37H2,1-4H3. The van der Waals surface area contributed by atoms with Crippen molar-refractivity contribution in [1.82, 2.24) is 0 Å². The Balaban J connectivity index is 4.07. The number of allylic oxidation sites excluding steroid dienone is 2. The van der Waals surface area contributed by atoms with E-state index < -0.39 is 8.07 Å². The molecular formula is C37H76Si. The molecule has 0 radical (unpaired) electrons. The van der Waals surface area contributed by atoms with E-state index in [-0.39, 0.29) is 0 Å². The minimum atomic E-state index is -1.03. The molecule has 0 aliphatic carbocycles. The smallest absolute Gasteiger partial charge is 0.0504 e. The molecule has 0 nitrogen and oxygen atoms in total. The van der Waals surface area contributed by atoms with Gasteiger partial charge in [0, 0.05) is 0 Å². The Bertz CT molecular complexity index is 430. The summed E-state index contributed by atoms with van der Waals surface area (Å²) >= 11 is 0. The van der Waals surface area contributed by atoms with Gasteiger partial charge in [0.2, 0.25) is 0 Å². The summed E-state index contributed by atoms with van der Waals surface area (Å²) in [4.78, 5) is 0. The van der Waals surface area contributed by atoms with Crippen LogP contribution in [0.2, 0.25) is 24.7 Å². The summed E-state index contributed by atoms with van der Waals surface area (Å²) in [6.45, 7) is 9.59. The highest BCUT2D eigenvalue weighted by Crippen LogP contribution is 2.30. The minimum Gasteiger partial charge on any atom is -0.0917 e. The first-order valence-corrected chi connectivity index (χ1v) is 21.4. The van der Waals surface area contributed by atoms with E-state index in [4.69, 9.17) is 0 Å². The molecule has 1 heteroatoms. The van der Waals surface area contributed by atoms with Gasteiger partial charge in [-0.05, 0) is 19.8 Å². The van der Waals surface area contributed by atoms with Crippen LogP contribution in [-0.4, -0.2) is 8.07 Å². The van der Waals surface area contributed by atoms with Crippen LogP contribution in [0.4, 0.5) is 0 Å². The van der Waals surface area contributed by atoms with Crippen LogP contribution >= 0.6 is 0 Å². The molecule has 0 aromatic carbocycles. The summed E-state index contributed by atoms with van der Waals surface area (Å²) in [5.41, 5.74) is 0. The second-order valence-electron chi connectivity index (χ2n) is 13.3. The van der Waals surface area contributed by atoms with E-state index in [1.807, 2.05) is 0 Å². The first-order valence-electron chi connectivity index (χ1n) is 18.3. The Hall–Kier alpha value is -0.0431. The van der Waals surface area contributed by atoms with E-state index in [1.165, 1.54) is 167 Å². The Morgan fingerprint density at radius 3 is 0.921 bits per heavy atom. The van der Waals surface area contributed by atoms with Gasteiger partial charge >= 0.3 is 0 Å². The average Bonchev–Trinajstić information content (AvgIpc) is 2.92. The lowest BCUT2D eigenvalue weighted by Gasteiger charge is -2.28. The molecule has 0 fully saturated rings. The van der Waals surface area contributed by atoms with Crippen molar-refractivity contribution in [3.05, 3.63) is 12.2 Å². The third-order valence-electron chi connectivity index (χ3n) is 9.15. The van der Waals surface area contributed by atoms with E-state index in [0.717, 1.165) is 0 Å². The summed E-state index contributed by atoms with van der Waals surface area (Å²) in [5, 5.41) is 0. The number of hydrogen-bond donors (Lipinski definition) is 0. The molecule has 0 heterocycles. The summed E-state index contributed by atoms with van der Waals surface area (Å²) < 4.78 is 0. The molecule has 0 aliphatic heterocycles. The molecule has 228 valence electrons. The Morgan fingerprint density at radius 2 is 0.632 bits per heavy atom. The predicted molar refractivity (Wildman–Crippen MR) is 181 cm³/mol. The third-order valence-corrected chi connectivity index (χ3v) is 13.8. The van der Waals surface area contributed by atoms with Crippen LogP contribution in [0.25, 0.3) is 0 Å². The van der Waals surface area contributed by atoms with Crippen LogP contribution in [0.1, 0.15) is 201 Å². The molecule has 0 unspecified atom stereocenters. The molecule has 0 saturated heterocycles. The zero-order valence-corrected chi connectivity index (χ0v) is 28.6. The van der Waals surface area contributed by atoms with Gasteiger partial charge in [0.25, 0.3) is 0 Å². The molecule has 0 spiro atoms. The zero-order chi connectivity index (χ0) is 27.8. The molecule has 0 aliphatic rings. The van der Waals surface area contributed by atoms with Crippen LogP contribution in [-0.2, 0) is 0 Å². The monoisotopic (exact) mass is 549 g/mol. The Kier molecular flexibility index (Phi) is 31.4. The van der Waals surface area contributed by atoms with E-state index in [2.05, 4.69) is 39.5 Å². The van der Waals surface area contributed by atoms with Crippen molar-refractivity contribution in [2.75, 3.05) is 0 Å². The van der Waals surface area contributed by atoms with E-state index in [1.54, 1.807) is 31.0 Å². The molecule has 0 N–H and O–H groups in total. The highest BCUT2D eigenvalue weighted by molar-refractivity contribution is 6.78. The first kappa shape index (κ1) is 38.0. The van der Waals surface area contributed by atoms with Crippen molar-refractivity contribution in [3.63, 3.8) is 0 Å². The maximum atomic E-state index is 2.80. The topological polar surface area (TPSA) is 0 Å². The van der Waals surface area contributed by atoms with Crippen molar-refractivity contribution in [2.45, 2.75) is 225 Å². The quantitative estimate of drug-likeness (QED) is 0.0445. The van der Waals surface area contributed by atoms with E-state index in [0.29, 0.717) is 0 Å². The summed E-state index contributed by atoms with van der Waals surface area (Å²) in [6, 6.07) is 4.89. The lowest BCUT2D eigenvalue weighted by Crippen LogP contribution is -2.29. The summed E-state index contributed by atoms with van der Waals surface area (Å²) in [6.07, 6.45) is 45.7. The van der Waals surface area contributed by atoms with Crippen LogP contribution in [0.5, 0.6) is 0 Å². The molecule has 0 amide bonds. The number of unbranched alkanes of at least 4 members (excludes halogenated alkanes) is 25. The van der Waals surface area contributed by atoms with Crippen molar-refractivity contribution in [1.29, 1.82) is 0 Å². The van der Waals surface area contributed by atoms with Crippen LogP contribution in [0.15, 0.2) is 12.2 Å². The first-order chi connectivity index (χ1) is 18.7. The summed E-state index contributed by atoms with van der Waals surface area (Å²) in [5.74, 6) is 0. The van der Waals surface area contributed by atoms with Crippen LogP contribution in [0.3, 0.4) is 0 Å². The van der Waals surface area contributed by atoms with Gasteiger partial charge in [-0.15, -0.1) is 0 Å². The molecule has 38 heavy (non-hydrogen) atoms. The molecule has 0 saturated carbocycles. The van der Waals surface area contributed by atoms with Gasteiger partial charge < -0.3 is 0 Å². The average molecular weight is 549 g/mol. The predicted octanol–water partition coefficient (Wildman–Crippen LogP) is 14.6. The molecule has 0 bridgehead atoms. The fourth-order valence-corrected chi connectivity index (χ4v) is 10.4. The maximum Gasteiger partial charge on any atom is 0.0504 e. The number of hydrogen-bond acceptors (Lipinski definition) is 0. The fourth-order valence-electron chi connectivity index (χ4n) is 6.32. The summed E-state index contributed by atoms with van der Waals surface area (Å²) in [7, 11) is -1.03. The van der Waals surface area contributed by atoms with Crippen LogP contribution < -0.4 is 0 Å². The van der Waals surface area contributed by atoms with Gasteiger partial charge in [0.15, 0.2) is 0 Å². The lowest BCUT2D eigenvalue weighted by molar-refractivity contribution is 0.558. The van der Waals surface area contributed by atoms with Crippen molar-refractivity contribution >= 4 is 8.07 Å². The zero-order valence-electron chi connectivity index (χ0n) is 27.6. The highest BCUT2D eigenvalue weighted by atomic mass is 28.3. The third kappa shape index (κ3) is 29.0. The lowest BCUT2D eigenvalue weighted by atomic mass is 10.1. The normalized spacial score (nSPS) is 12.2. The maximum absolute atomic E-state index is 2.80. The molecule has 0 aromatic rings. The van der Waals surface area contributed by atoms with Crippen molar-refractivity contribution in [3.8, 4) is 0 Å². The molecule has 0 rings (SSSR count). The van der Waals surface area contributed by atoms with Gasteiger partial charge in [-0.3, -0.25) is 0 Å². The van der Waals surface area contributed by atoms with E-state index >= 15 is 0 Å². The molecular weight excluding hydrogens is 472 g/mol. The Morgan fingerprint density at radius 1 is 0.368 bits per heavy atom. The fraction of sp³-hybridized carbons (Fsp3) is 0.946. The SMILES string of the molecule is CC=CCCCCCCCCC[Si](C)(CCCCCCCCCCCC)CCCCCCCCCCCC. The second kappa shape index (κ2) is 31.5. The molecule has 0 atom stereocenters. The van der Waals surface area contributed by atoms with Gasteiger partial charge in [-0.1, -0.05) is 218 Å². The van der Waals surface area contributed by atoms with Gasteiger partial charge in [0.05, 0.1) is 8.07 Å². The van der Waals surface area contributed by atoms with Gasteiger partial charge in [-0.25, -0.2) is 0 Å². The van der Waals surface area contributed by atoms with Crippen LogP contribution in [0, 0.1) is 0 Å². The van der Waals surface area contributed by atoms with Crippen molar-refractivity contribution in [2.24, 2.45) is 0 Å². The highest BCUT2D eigenvalue weighted by Gasteiger charge is 2.25. The van der Waals surface area contributed by atoms with Crippen molar-refractivity contribution < 1.29 is 0 Å². The van der Waals surface area contributed by atoms with Gasteiger partial charge in [-0.2, -0.15) is 0 Å². The Labute approximate surface area is 245 Å². The van der Waals surface area contributed by atoms with E-state index in [9.17, 15) is 0 Å². The van der Waals surface area contributed by atoms with Gasteiger partial charge in [0.1, 0.15) is 0 Å². The number of rotatable bonds is 32. The minimum absolute atomic E-state index is 1.03. The largest absolute Gasteiger partial charge is 0.0917 e. The second-order valence-corrected chi connectivity index (χ2v) is 18.4. The molecule has 0 aromatic heterocycles.